The molecule has 0 aliphatic carbocycles. The summed E-state index contributed by atoms with van der Waals surface area (Å²) in [7, 11) is 0. The Morgan fingerprint density at radius 2 is 2.18 bits per heavy atom. The monoisotopic (exact) mass is 238 g/mol. The van der Waals surface area contributed by atoms with Crippen LogP contribution in [0.4, 0.5) is 14.6 Å². The average Bonchev–Trinajstić information content (AvgIpc) is 2.28. The van der Waals surface area contributed by atoms with E-state index in [1.54, 1.807) is 6.07 Å². The van der Waals surface area contributed by atoms with Gasteiger partial charge in [0.15, 0.2) is 0 Å². The van der Waals surface area contributed by atoms with Crippen LogP contribution in [0.3, 0.4) is 0 Å². The van der Waals surface area contributed by atoms with E-state index in [4.69, 9.17) is 10.5 Å². The standard InChI is InChI=1S/C9H4F2N4O2/c10-8(11)7-5(1-2-12)3-6(4-13)9(14-7)15(16)17/h3,8H,1H2. The van der Waals surface area contributed by atoms with Gasteiger partial charge in [0.2, 0.25) is 5.69 Å². The zero-order valence-electron chi connectivity index (χ0n) is 8.22. The zero-order valence-corrected chi connectivity index (χ0v) is 8.22. The molecule has 1 aromatic heterocycles. The van der Waals surface area contributed by atoms with E-state index in [2.05, 4.69) is 4.98 Å². The van der Waals surface area contributed by atoms with E-state index in [-0.39, 0.29) is 12.0 Å². The Morgan fingerprint density at radius 3 is 2.59 bits per heavy atom. The molecular weight excluding hydrogens is 234 g/mol. The van der Waals surface area contributed by atoms with Gasteiger partial charge in [0.25, 0.3) is 0 Å². The van der Waals surface area contributed by atoms with E-state index in [0.29, 0.717) is 0 Å². The van der Waals surface area contributed by atoms with Gasteiger partial charge in [0.05, 0.1) is 12.5 Å². The summed E-state index contributed by atoms with van der Waals surface area (Å²) in [6.07, 6.45) is -3.43. The van der Waals surface area contributed by atoms with Crippen LogP contribution < -0.4 is 0 Å². The molecule has 17 heavy (non-hydrogen) atoms. The molecule has 0 atom stereocenters. The highest BCUT2D eigenvalue weighted by Crippen LogP contribution is 2.26. The molecule has 0 N–H and O–H groups in total. The largest absolute Gasteiger partial charge is 0.381 e. The number of pyridine rings is 1. The van der Waals surface area contributed by atoms with E-state index < -0.39 is 28.4 Å². The molecule has 6 nitrogen and oxygen atoms in total. The predicted molar refractivity (Wildman–Crippen MR) is 49.9 cm³/mol. The maximum Gasteiger partial charge on any atom is 0.381 e. The first-order valence-corrected chi connectivity index (χ1v) is 4.24. The lowest BCUT2D eigenvalue weighted by molar-refractivity contribution is -0.390. The van der Waals surface area contributed by atoms with Crippen LogP contribution in [0.25, 0.3) is 0 Å². The van der Waals surface area contributed by atoms with Gasteiger partial charge in [-0.1, -0.05) is 0 Å². The Labute approximate surface area is 93.9 Å². The molecular formula is C9H4F2N4O2. The summed E-state index contributed by atoms with van der Waals surface area (Å²) in [5, 5.41) is 27.6. The molecule has 0 saturated carbocycles. The molecule has 1 rings (SSSR count). The fraction of sp³-hybridized carbons (Fsp3) is 0.222. The van der Waals surface area contributed by atoms with Crippen LogP contribution in [0, 0.1) is 32.8 Å². The van der Waals surface area contributed by atoms with Crippen LogP contribution in [0.15, 0.2) is 6.07 Å². The van der Waals surface area contributed by atoms with Crippen molar-refractivity contribution in [2.24, 2.45) is 0 Å². The Bertz CT molecular complexity index is 545. The third-order valence-corrected chi connectivity index (χ3v) is 1.88. The molecule has 0 radical (unpaired) electrons. The first-order valence-electron chi connectivity index (χ1n) is 4.24. The Hall–Kier alpha value is -2.61. The minimum atomic E-state index is -3.04. The zero-order chi connectivity index (χ0) is 13.0. The minimum Gasteiger partial charge on any atom is -0.358 e. The maximum atomic E-state index is 12.6. The third kappa shape index (κ3) is 2.49. The fourth-order valence-corrected chi connectivity index (χ4v) is 1.20. The van der Waals surface area contributed by atoms with Crippen molar-refractivity contribution < 1.29 is 13.7 Å². The van der Waals surface area contributed by atoms with Gasteiger partial charge in [-0.15, -0.1) is 0 Å². The van der Waals surface area contributed by atoms with Crippen molar-refractivity contribution >= 4 is 5.82 Å². The van der Waals surface area contributed by atoms with Gasteiger partial charge < -0.3 is 10.1 Å². The van der Waals surface area contributed by atoms with Crippen LogP contribution in [0.5, 0.6) is 0 Å². The van der Waals surface area contributed by atoms with E-state index in [9.17, 15) is 18.9 Å². The third-order valence-electron chi connectivity index (χ3n) is 1.88. The van der Waals surface area contributed by atoms with Gasteiger partial charge in [-0.2, -0.15) is 10.5 Å². The second-order valence-electron chi connectivity index (χ2n) is 2.91. The van der Waals surface area contributed by atoms with E-state index in [1.165, 1.54) is 6.07 Å². The van der Waals surface area contributed by atoms with E-state index in [1.807, 2.05) is 0 Å². The molecule has 0 aromatic carbocycles. The number of nitrogens with zero attached hydrogens (tertiary/aromatic N) is 4. The number of alkyl halides is 2. The minimum absolute atomic E-state index is 0.176. The second-order valence-corrected chi connectivity index (χ2v) is 2.91. The van der Waals surface area contributed by atoms with Crippen molar-refractivity contribution in [3.05, 3.63) is 33.0 Å². The molecule has 0 saturated heterocycles. The molecule has 0 unspecified atom stereocenters. The molecule has 0 aliphatic rings. The maximum absolute atomic E-state index is 12.6. The SMILES string of the molecule is N#CCc1cc(C#N)c([N+](=O)[O-])nc1C(F)F. The predicted octanol–water partition coefficient (Wildman–Crippen LogP) is 1.87. The van der Waals surface area contributed by atoms with Crippen molar-refractivity contribution in [3.8, 4) is 12.1 Å². The number of rotatable bonds is 3. The smallest absolute Gasteiger partial charge is 0.358 e. The number of hydrogen-bond donors (Lipinski definition) is 0. The van der Waals surface area contributed by atoms with Crippen LogP contribution >= 0.6 is 0 Å². The summed E-state index contributed by atoms with van der Waals surface area (Å²) < 4.78 is 25.1. The number of nitro groups is 1. The lowest BCUT2D eigenvalue weighted by Gasteiger charge is -2.02. The van der Waals surface area contributed by atoms with Crippen molar-refractivity contribution in [1.82, 2.24) is 4.98 Å². The summed E-state index contributed by atoms with van der Waals surface area (Å²) in [6, 6.07) is 4.01. The fourth-order valence-electron chi connectivity index (χ4n) is 1.20. The summed E-state index contributed by atoms with van der Waals surface area (Å²) in [4.78, 5) is 12.6. The van der Waals surface area contributed by atoms with Crippen LogP contribution in [0.1, 0.15) is 23.2 Å². The number of hydrogen-bond acceptors (Lipinski definition) is 5. The molecule has 0 bridgehead atoms. The first-order chi connectivity index (χ1) is 8.01. The van der Waals surface area contributed by atoms with Gasteiger partial charge in [-0.25, -0.2) is 8.78 Å². The first kappa shape index (κ1) is 12.5. The highest BCUT2D eigenvalue weighted by atomic mass is 19.3. The highest BCUT2D eigenvalue weighted by Gasteiger charge is 2.27. The summed E-state index contributed by atoms with van der Waals surface area (Å²) >= 11 is 0. The normalized spacial score (nSPS) is 9.71. The van der Waals surface area contributed by atoms with Crippen LogP contribution in [-0.4, -0.2) is 9.91 Å². The molecule has 0 fully saturated rings. The van der Waals surface area contributed by atoms with Crippen molar-refractivity contribution in [3.63, 3.8) is 0 Å². The lowest BCUT2D eigenvalue weighted by atomic mass is 10.1. The number of nitriles is 2. The Morgan fingerprint density at radius 1 is 1.53 bits per heavy atom. The summed E-state index contributed by atoms with van der Waals surface area (Å²) in [6.45, 7) is 0. The molecule has 86 valence electrons. The Kier molecular flexibility index (Phi) is 3.62. The average molecular weight is 238 g/mol. The lowest BCUT2D eigenvalue weighted by Crippen LogP contribution is -2.04. The molecule has 0 aliphatic heterocycles. The summed E-state index contributed by atoms with van der Waals surface area (Å²) in [5.74, 6) is -0.926. The quantitative estimate of drug-likeness (QED) is 0.590. The topological polar surface area (TPSA) is 104 Å². The molecule has 1 aromatic rings. The van der Waals surface area contributed by atoms with Gasteiger partial charge >= 0.3 is 12.2 Å². The number of aromatic nitrogens is 1. The van der Waals surface area contributed by atoms with Gasteiger partial charge in [-0.3, -0.25) is 0 Å². The van der Waals surface area contributed by atoms with Crippen molar-refractivity contribution in [2.75, 3.05) is 0 Å². The van der Waals surface area contributed by atoms with E-state index >= 15 is 0 Å². The number of halogens is 2. The Balaban J connectivity index is 3.50. The molecule has 8 heteroatoms. The van der Waals surface area contributed by atoms with E-state index in [0.717, 1.165) is 6.07 Å². The van der Waals surface area contributed by atoms with Crippen LogP contribution in [-0.2, 0) is 6.42 Å². The highest BCUT2D eigenvalue weighted by molar-refractivity contribution is 5.47. The van der Waals surface area contributed by atoms with Crippen LogP contribution in [0.2, 0.25) is 0 Å². The van der Waals surface area contributed by atoms with Crippen molar-refractivity contribution in [2.45, 2.75) is 12.8 Å². The molecule has 1 heterocycles. The summed E-state index contributed by atoms with van der Waals surface area (Å²) in [5.41, 5.74) is -1.45. The van der Waals surface area contributed by atoms with Gasteiger partial charge in [0, 0.05) is 5.56 Å². The van der Waals surface area contributed by atoms with Gasteiger partial charge in [0.1, 0.15) is 11.6 Å². The molecule has 0 amide bonds. The molecule has 0 spiro atoms. The van der Waals surface area contributed by atoms with Gasteiger partial charge in [-0.05, 0) is 16.0 Å². The van der Waals surface area contributed by atoms with Crippen molar-refractivity contribution in [1.29, 1.82) is 10.5 Å². The second kappa shape index (κ2) is 4.94.